The summed E-state index contributed by atoms with van der Waals surface area (Å²) in [6.45, 7) is 4.53. The normalized spacial score (nSPS) is 14.1. The largest absolute Gasteiger partial charge is 0.368 e. The molecule has 0 atom stereocenters. The van der Waals surface area contributed by atoms with Crippen molar-refractivity contribution in [1.82, 2.24) is 14.5 Å². The van der Waals surface area contributed by atoms with Crippen molar-refractivity contribution in [3.8, 4) is 0 Å². The lowest BCUT2D eigenvalue weighted by Crippen LogP contribution is -2.48. The molecule has 1 amide bonds. The molecule has 0 bridgehead atoms. The molecule has 5 rings (SSSR count). The highest BCUT2D eigenvalue weighted by Crippen LogP contribution is 2.29. The van der Waals surface area contributed by atoms with Crippen molar-refractivity contribution < 1.29 is 9.18 Å². The average Bonchev–Trinajstić information content (AvgIpc) is 3.19. The number of hydrogen-bond donors (Lipinski definition) is 0. The predicted molar refractivity (Wildman–Crippen MR) is 134 cm³/mol. The third-order valence-electron chi connectivity index (χ3n) is 6.17. The minimum Gasteiger partial charge on any atom is -0.368 e. The lowest BCUT2D eigenvalue weighted by molar-refractivity contribution is 0.0751. The summed E-state index contributed by atoms with van der Waals surface area (Å²) in [6, 6.07) is 13.8. The van der Waals surface area contributed by atoms with E-state index in [4.69, 9.17) is 11.6 Å². The van der Waals surface area contributed by atoms with Crippen molar-refractivity contribution in [2.75, 3.05) is 31.1 Å². The van der Waals surface area contributed by atoms with E-state index in [1.165, 1.54) is 34.4 Å². The fourth-order valence-corrected chi connectivity index (χ4v) is 5.55. The molecule has 0 spiro atoms. The van der Waals surface area contributed by atoms with E-state index in [1.54, 1.807) is 23.1 Å². The van der Waals surface area contributed by atoms with Gasteiger partial charge < -0.3 is 9.80 Å². The van der Waals surface area contributed by atoms with Crippen LogP contribution in [-0.2, 0) is 6.54 Å². The molecule has 0 saturated carbocycles. The van der Waals surface area contributed by atoms with Crippen LogP contribution in [-0.4, -0.2) is 46.5 Å². The number of rotatable bonds is 4. The monoisotopic (exact) mass is 496 g/mol. The number of thiophene rings is 1. The Morgan fingerprint density at radius 1 is 1.09 bits per heavy atom. The van der Waals surface area contributed by atoms with Crippen LogP contribution in [0.1, 0.15) is 20.8 Å². The van der Waals surface area contributed by atoms with Gasteiger partial charge in [0.2, 0.25) is 0 Å². The Morgan fingerprint density at radius 3 is 2.50 bits per heavy atom. The Bertz CT molecular complexity index is 1430. The number of carbonyl (C=O) groups excluding carboxylic acids is 1. The van der Waals surface area contributed by atoms with Crippen LogP contribution in [0, 0.1) is 12.7 Å². The van der Waals surface area contributed by atoms with Gasteiger partial charge in [-0.15, -0.1) is 11.3 Å². The van der Waals surface area contributed by atoms with Gasteiger partial charge in [-0.05, 0) is 48.4 Å². The lowest BCUT2D eigenvalue weighted by Gasteiger charge is -2.36. The van der Waals surface area contributed by atoms with Crippen molar-refractivity contribution >= 4 is 44.7 Å². The van der Waals surface area contributed by atoms with E-state index in [1.807, 2.05) is 25.1 Å². The molecule has 0 radical (unpaired) electrons. The van der Waals surface area contributed by atoms with Crippen LogP contribution in [0.5, 0.6) is 0 Å². The van der Waals surface area contributed by atoms with Crippen LogP contribution in [0.3, 0.4) is 0 Å². The fourth-order valence-electron chi connectivity index (χ4n) is 4.25. The van der Waals surface area contributed by atoms with Crippen molar-refractivity contribution in [3.05, 3.63) is 92.1 Å². The first-order valence-electron chi connectivity index (χ1n) is 10.9. The second-order valence-corrected chi connectivity index (χ2v) is 9.67. The Labute approximate surface area is 204 Å². The first kappa shape index (κ1) is 22.6. The number of anilines is 1. The zero-order valence-electron chi connectivity index (χ0n) is 18.5. The Morgan fingerprint density at radius 2 is 1.79 bits per heavy atom. The predicted octanol–water partition coefficient (Wildman–Crippen LogP) is 4.57. The van der Waals surface area contributed by atoms with Gasteiger partial charge in [-0.1, -0.05) is 29.8 Å². The van der Waals surface area contributed by atoms with E-state index >= 15 is 0 Å². The van der Waals surface area contributed by atoms with E-state index < -0.39 is 0 Å². The van der Waals surface area contributed by atoms with E-state index in [9.17, 15) is 14.0 Å². The second-order valence-electron chi connectivity index (χ2n) is 8.26. The Hall–Kier alpha value is -3.23. The zero-order valence-corrected chi connectivity index (χ0v) is 20.1. The summed E-state index contributed by atoms with van der Waals surface area (Å²) in [4.78, 5) is 36.1. The molecule has 0 unspecified atom stereocenters. The molecule has 34 heavy (non-hydrogen) atoms. The molecule has 0 N–H and O–H groups in total. The van der Waals surface area contributed by atoms with Crippen molar-refractivity contribution in [2.45, 2.75) is 13.5 Å². The van der Waals surface area contributed by atoms with Gasteiger partial charge in [0, 0.05) is 36.9 Å². The molecule has 4 aromatic rings. The molecule has 0 aliphatic carbocycles. The summed E-state index contributed by atoms with van der Waals surface area (Å²) in [5, 5.41) is 1.07. The van der Waals surface area contributed by atoms with Gasteiger partial charge >= 0.3 is 0 Å². The molecule has 174 valence electrons. The molecular formula is C25H22ClFN4O2S. The molecule has 1 aliphatic rings. The van der Waals surface area contributed by atoms with Crippen molar-refractivity contribution in [3.63, 3.8) is 0 Å². The van der Waals surface area contributed by atoms with Gasteiger partial charge in [0.15, 0.2) is 0 Å². The van der Waals surface area contributed by atoms with Gasteiger partial charge in [0.25, 0.3) is 11.5 Å². The minimum atomic E-state index is -0.266. The molecule has 2 aromatic heterocycles. The molecule has 3 heterocycles. The number of piperazine rings is 1. The molecule has 6 nitrogen and oxygen atoms in total. The first-order chi connectivity index (χ1) is 16.4. The quantitative estimate of drug-likeness (QED) is 0.415. The van der Waals surface area contributed by atoms with E-state index in [2.05, 4.69) is 9.88 Å². The number of carbonyl (C=O) groups is 1. The number of fused-ring (bicyclic) bond motifs is 1. The summed E-state index contributed by atoms with van der Waals surface area (Å²) >= 11 is 7.52. The van der Waals surface area contributed by atoms with Gasteiger partial charge in [-0.3, -0.25) is 14.2 Å². The maximum absolute atomic E-state index is 13.3. The number of hydrogen-bond acceptors (Lipinski definition) is 5. The topological polar surface area (TPSA) is 58.4 Å². The van der Waals surface area contributed by atoms with Gasteiger partial charge in [0.05, 0.1) is 23.1 Å². The van der Waals surface area contributed by atoms with Crippen LogP contribution >= 0.6 is 22.9 Å². The third-order valence-corrected chi connectivity index (χ3v) is 7.73. The highest BCUT2D eigenvalue weighted by Gasteiger charge is 2.27. The number of halogens is 2. The summed E-state index contributed by atoms with van der Waals surface area (Å²) in [6.07, 6.45) is 1.51. The molecule has 1 saturated heterocycles. The second kappa shape index (κ2) is 9.19. The first-order valence-corrected chi connectivity index (χ1v) is 12.1. The molecule has 9 heteroatoms. The standard InChI is InChI=1S/C25H22ClFN4O2S/c1-16-21-23(28-15-31(24(21)32)14-17-4-2-3-5-20(17)26)34-22(16)25(33)30-12-10-29(11-13-30)19-8-6-18(27)7-9-19/h2-9,15H,10-14H2,1H3. The fraction of sp³-hybridized carbons (Fsp3) is 0.240. The van der Waals surface area contributed by atoms with Crippen LogP contribution in [0.25, 0.3) is 10.2 Å². The number of amides is 1. The third kappa shape index (κ3) is 4.19. The lowest BCUT2D eigenvalue weighted by atomic mass is 10.1. The average molecular weight is 497 g/mol. The highest BCUT2D eigenvalue weighted by atomic mass is 35.5. The maximum Gasteiger partial charge on any atom is 0.264 e. The van der Waals surface area contributed by atoms with Gasteiger partial charge in [0.1, 0.15) is 10.6 Å². The maximum atomic E-state index is 13.3. The number of aromatic nitrogens is 2. The van der Waals surface area contributed by atoms with Crippen LogP contribution in [0.4, 0.5) is 10.1 Å². The van der Waals surface area contributed by atoms with Gasteiger partial charge in [-0.25, -0.2) is 9.37 Å². The number of aryl methyl sites for hydroxylation is 1. The number of nitrogens with zero attached hydrogens (tertiary/aromatic N) is 4. The molecule has 1 fully saturated rings. The number of benzene rings is 2. The smallest absolute Gasteiger partial charge is 0.264 e. The summed E-state index contributed by atoms with van der Waals surface area (Å²) in [5.41, 5.74) is 2.25. The van der Waals surface area contributed by atoms with Crippen LogP contribution in [0.2, 0.25) is 5.02 Å². The highest BCUT2D eigenvalue weighted by molar-refractivity contribution is 7.20. The Balaban J connectivity index is 1.37. The summed E-state index contributed by atoms with van der Waals surface area (Å²) in [5.74, 6) is -0.353. The van der Waals surface area contributed by atoms with Crippen LogP contribution in [0.15, 0.2) is 59.7 Å². The van der Waals surface area contributed by atoms with Crippen molar-refractivity contribution in [1.29, 1.82) is 0 Å². The van der Waals surface area contributed by atoms with Gasteiger partial charge in [-0.2, -0.15) is 0 Å². The SMILES string of the molecule is Cc1c(C(=O)N2CCN(c3ccc(F)cc3)CC2)sc2ncn(Cc3ccccc3Cl)c(=O)c12. The minimum absolute atomic E-state index is 0.0868. The van der Waals surface area contributed by atoms with Crippen LogP contribution < -0.4 is 10.5 Å². The molecule has 2 aromatic carbocycles. The summed E-state index contributed by atoms with van der Waals surface area (Å²) in [7, 11) is 0. The molecule has 1 aliphatic heterocycles. The van der Waals surface area contributed by atoms with E-state index in [0.717, 1.165) is 11.3 Å². The van der Waals surface area contributed by atoms with E-state index in [0.29, 0.717) is 58.4 Å². The molecular weight excluding hydrogens is 475 g/mol. The van der Waals surface area contributed by atoms with Crippen molar-refractivity contribution in [2.24, 2.45) is 0 Å². The summed E-state index contributed by atoms with van der Waals surface area (Å²) < 4.78 is 14.7. The van der Waals surface area contributed by atoms with E-state index in [-0.39, 0.29) is 17.3 Å². The Kier molecular flexibility index (Phi) is 6.10. The zero-order chi connectivity index (χ0) is 23.8.